The molecule has 3 rings (SSSR count). The molecule has 0 saturated carbocycles. The Kier molecular flexibility index (Phi) is 3.53. The third-order valence-corrected chi connectivity index (χ3v) is 3.04. The number of hydrogen-bond acceptors (Lipinski definition) is 4. The maximum atomic E-state index is 12.9. The predicted molar refractivity (Wildman–Crippen MR) is 78.0 cm³/mol. The van der Waals surface area contributed by atoms with Gasteiger partial charge in [0.1, 0.15) is 5.82 Å². The summed E-state index contributed by atoms with van der Waals surface area (Å²) in [6.45, 7) is 0. The lowest BCUT2D eigenvalue weighted by molar-refractivity contribution is 0.0698. The number of benzene rings is 2. The van der Waals surface area contributed by atoms with Crippen LogP contribution in [0.1, 0.15) is 10.4 Å². The summed E-state index contributed by atoms with van der Waals surface area (Å²) in [7, 11) is 0. The number of aromatic nitrogens is 3. The molecule has 6 nitrogen and oxygen atoms in total. The predicted octanol–water partition coefficient (Wildman–Crippen LogP) is 2.85. The van der Waals surface area contributed by atoms with Crippen LogP contribution in [0.25, 0.3) is 5.69 Å². The number of hydrogen-bond donors (Lipinski definition) is 2. The second-order valence-corrected chi connectivity index (χ2v) is 4.51. The van der Waals surface area contributed by atoms with Gasteiger partial charge in [-0.15, -0.1) is 5.10 Å². The lowest BCUT2D eigenvalue weighted by Gasteiger charge is -2.11. The molecule has 3 aromatic rings. The van der Waals surface area contributed by atoms with Gasteiger partial charge < -0.3 is 10.4 Å². The van der Waals surface area contributed by atoms with Gasteiger partial charge in [0.25, 0.3) is 0 Å². The molecule has 1 aromatic heterocycles. The quantitative estimate of drug-likeness (QED) is 0.774. The normalized spacial score (nSPS) is 10.4. The van der Waals surface area contributed by atoms with Crippen LogP contribution in [0.5, 0.6) is 0 Å². The number of carbonyl (C=O) groups is 1. The van der Waals surface area contributed by atoms with Crippen molar-refractivity contribution in [3.63, 3.8) is 0 Å². The van der Waals surface area contributed by atoms with Gasteiger partial charge in [-0.3, -0.25) is 0 Å². The lowest BCUT2D eigenvalue weighted by atomic mass is 10.1. The minimum atomic E-state index is -1.06. The highest BCUT2D eigenvalue weighted by atomic mass is 19.1. The third kappa shape index (κ3) is 2.78. The Bertz CT molecular complexity index is 801. The first-order chi connectivity index (χ1) is 10.6. The molecule has 0 aliphatic rings. The maximum Gasteiger partial charge on any atom is 0.337 e. The third-order valence-electron chi connectivity index (χ3n) is 3.04. The largest absolute Gasteiger partial charge is 0.478 e. The molecule has 0 aliphatic carbocycles. The van der Waals surface area contributed by atoms with Crippen LogP contribution in [0.3, 0.4) is 0 Å². The Morgan fingerprint density at radius 2 is 1.95 bits per heavy atom. The molecular weight excluding hydrogens is 287 g/mol. The van der Waals surface area contributed by atoms with E-state index in [0.717, 1.165) is 0 Å². The zero-order chi connectivity index (χ0) is 15.5. The first-order valence-corrected chi connectivity index (χ1v) is 6.40. The standard InChI is InChI=1S/C15H11FN4O2/c16-10-1-3-11(4-2-10)18-14-9-12(20-8-7-17-19-20)5-6-13(14)15(21)22/h1-9,18H,(H,21,22). The molecule has 110 valence electrons. The van der Waals surface area contributed by atoms with Gasteiger partial charge in [-0.1, -0.05) is 5.21 Å². The summed E-state index contributed by atoms with van der Waals surface area (Å²) >= 11 is 0. The highest BCUT2D eigenvalue weighted by Gasteiger charge is 2.12. The molecule has 7 heteroatoms. The molecule has 2 N–H and O–H groups in total. The Morgan fingerprint density at radius 3 is 2.59 bits per heavy atom. The van der Waals surface area contributed by atoms with Crippen molar-refractivity contribution in [3.8, 4) is 5.69 Å². The fraction of sp³-hybridized carbons (Fsp3) is 0. The highest BCUT2D eigenvalue weighted by molar-refractivity contribution is 5.95. The van der Waals surface area contributed by atoms with Crippen LogP contribution < -0.4 is 5.32 Å². The first kappa shape index (κ1) is 13.7. The number of halogens is 1. The number of nitrogens with zero attached hydrogens (tertiary/aromatic N) is 3. The Labute approximate surface area is 124 Å². The lowest BCUT2D eigenvalue weighted by Crippen LogP contribution is -2.05. The van der Waals surface area contributed by atoms with Crippen molar-refractivity contribution in [1.29, 1.82) is 0 Å². The molecule has 0 spiro atoms. The number of nitrogens with one attached hydrogen (secondary N) is 1. The number of aromatic carboxylic acids is 1. The molecular formula is C15H11FN4O2. The molecule has 0 unspecified atom stereocenters. The van der Waals surface area contributed by atoms with Gasteiger partial charge in [-0.25, -0.2) is 13.9 Å². The zero-order valence-corrected chi connectivity index (χ0v) is 11.3. The minimum absolute atomic E-state index is 0.105. The van der Waals surface area contributed by atoms with Crippen molar-refractivity contribution in [1.82, 2.24) is 15.0 Å². The van der Waals surface area contributed by atoms with Gasteiger partial charge in [0, 0.05) is 5.69 Å². The van der Waals surface area contributed by atoms with Crippen LogP contribution in [0.15, 0.2) is 54.9 Å². The van der Waals surface area contributed by atoms with E-state index in [2.05, 4.69) is 15.6 Å². The summed E-state index contributed by atoms with van der Waals surface area (Å²) in [5.74, 6) is -1.42. The molecule has 0 saturated heterocycles. The topological polar surface area (TPSA) is 80.0 Å². The molecule has 1 heterocycles. The van der Waals surface area contributed by atoms with E-state index in [4.69, 9.17) is 0 Å². The van der Waals surface area contributed by atoms with Crippen LogP contribution in [0.2, 0.25) is 0 Å². The summed E-state index contributed by atoms with van der Waals surface area (Å²) in [6, 6.07) is 10.4. The maximum absolute atomic E-state index is 12.9. The van der Waals surface area contributed by atoms with Crippen molar-refractivity contribution < 1.29 is 14.3 Å². The van der Waals surface area contributed by atoms with Crippen molar-refractivity contribution in [2.45, 2.75) is 0 Å². The van der Waals surface area contributed by atoms with E-state index in [1.807, 2.05) is 0 Å². The average Bonchev–Trinajstić information content (AvgIpc) is 3.03. The van der Waals surface area contributed by atoms with E-state index in [9.17, 15) is 14.3 Å². The summed E-state index contributed by atoms with van der Waals surface area (Å²) < 4.78 is 14.5. The molecule has 2 aromatic carbocycles. The number of rotatable bonds is 4. The molecule has 0 radical (unpaired) electrons. The molecule has 0 amide bonds. The summed E-state index contributed by atoms with van der Waals surface area (Å²) in [5, 5.41) is 19.8. The summed E-state index contributed by atoms with van der Waals surface area (Å²) in [4.78, 5) is 11.3. The second kappa shape index (κ2) is 5.65. The summed E-state index contributed by atoms with van der Waals surface area (Å²) in [6.07, 6.45) is 3.18. The molecule has 0 aliphatic heterocycles. The van der Waals surface area contributed by atoms with Crippen LogP contribution in [0.4, 0.5) is 15.8 Å². The molecule has 0 fully saturated rings. The Balaban J connectivity index is 2.01. The van der Waals surface area contributed by atoms with Crippen LogP contribution >= 0.6 is 0 Å². The van der Waals surface area contributed by atoms with Crippen molar-refractivity contribution in [2.75, 3.05) is 5.32 Å². The summed E-state index contributed by atoms with van der Waals surface area (Å²) in [5.41, 5.74) is 1.73. The first-order valence-electron chi connectivity index (χ1n) is 6.40. The Hall–Kier alpha value is -3.22. The fourth-order valence-corrected chi connectivity index (χ4v) is 2.00. The molecule has 22 heavy (non-hydrogen) atoms. The fourth-order valence-electron chi connectivity index (χ4n) is 2.00. The Morgan fingerprint density at radius 1 is 1.18 bits per heavy atom. The van der Waals surface area contributed by atoms with Gasteiger partial charge in [0.05, 0.1) is 29.3 Å². The van der Waals surface area contributed by atoms with Gasteiger partial charge in [-0.05, 0) is 42.5 Å². The van der Waals surface area contributed by atoms with Crippen LogP contribution in [0, 0.1) is 5.82 Å². The van der Waals surface area contributed by atoms with E-state index >= 15 is 0 Å². The number of carboxylic acid groups (broad SMARTS) is 1. The van der Waals surface area contributed by atoms with Gasteiger partial charge in [0.2, 0.25) is 0 Å². The smallest absolute Gasteiger partial charge is 0.337 e. The monoisotopic (exact) mass is 298 g/mol. The van der Waals surface area contributed by atoms with E-state index in [0.29, 0.717) is 17.1 Å². The van der Waals surface area contributed by atoms with Gasteiger partial charge >= 0.3 is 5.97 Å². The van der Waals surface area contributed by atoms with Crippen molar-refractivity contribution in [2.24, 2.45) is 0 Å². The van der Waals surface area contributed by atoms with Crippen molar-refractivity contribution in [3.05, 3.63) is 66.2 Å². The number of anilines is 2. The van der Waals surface area contributed by atoms with Gasteiger partial charge in [-0.2, -0.15) is 0 Å². The van der Waals surface area contributed by atoms with E-state index in [1.165, 1.54) is 41.2 Å². The van der Waals surface area contributed by atoms with Crippen LogP contribution in [-0.2, 0) is 0 Å². The van der Waals surface area contributed by atoms with E-state index < -0.39 is 5.97 Å². The SMILES string of the molecule is O=C(O)c1ccc(-n2ccnn2)cc1Nc1ccc(F)cc1. The van der Waals surface area contributed by atoms with Gasteiger partial charge in [0.15, 0.2) is 0 Å². The minimum Gasteiger partial charge on any atom is -0.478 e. The molecule has 0 bridgehead atoms. The number of carboxylic acids is 1. The molecule has 0 atom stereocenters. The van der Waals surface area contributed by atoms with E-state index in [1.54, 1.807) is 18.3 Å². The van der Waals surface area contributed by atoms with Crippen LogP contribution in [-0.4, -0.2) is 26.1 Å². The average molecular weight is 298 g/mol. The van der Waals surface area contributed by atoms with Crippen molar-refractivity contribution >= 4 is 17.3 Å². The second-order valence-electron chi connectivity index (χ2n) is 4.51. The highest BCUT2D eigenvalue weighted by Crippen LogP contribution is 2.24. The zero-order valence-electron chi connectivity index (χ0n) is 11.3. The van der Waals surface area contributed by atoms with E-state index in [-0.39, 0.29) is 11.4 Å².